The van der Waals surface area contributed by atoms with Crippen LogP contribution in [0.3, 0.4) is 0 Å². The Labute approximate surface area is 243 Å². The minimum atomic E-state index is -4.11. The standard InChI is InChI=1S/C27H32BrCl2N3O4S/c1-3-4-13-32(19-24-6-5-14-31(24)18-21-7-9-22(28)10-8-21)27(34)20-33(15-16-37-2)38(35,36)26-17-23(29)11-12-25(26)30/h5-12,14,17H,3-4,13,15-16,18-20H2,1-2H3. The van der Waals surface area contributed by atoms with Crippen molar-refractivity contribution in [2.45, 2.75) is 37.8 Å². The van der Waals surface area contributed by atoms with Crippen molar-refractivity contribution in [2.24, 2.45) is 0 Å². The summed E-state index contributed by atoms with van der Waals surface area (Å²) in [4.78, 5) is 15.2. The SMILES string of the molecule is CCCCN(Cc1cccn1Cc1ccc(Br)cc1)C(=O)CN(CCOC)S(=O)(=O)c1cc(Cl)ccc1Cl. The van der Waals surface area contributed by atoms with E-state index in [9.17, 15) is 13.2 Å². The molecule has 206 valence electrons. The minimum Gasteiger partial charge on any atom is -0.383 e. The predicted octanol–water partition coefficient (Wildman–Crippen LogP) is 6.07. The highest BCUT2D eigenvalue weighted by Gasteiger charge is 2.30. The van der Waals surface area contributed by atoms with Crippen LogP contribution in [0.25, 0.3) is 0 Å². The smallest absolute Gasteiger partial charge is 0.245 e. The largest absolute Gasteiger partial charge is 0.383 e. The first-order valence-electron chi connectivity index (χ1n) is 12.3. The van der Waals surface area contributed by atoms with Crippen molar-refractivity contribution < 1.29 is 17.9 Å². The number of carbonyl (C=O) groups excluding carboxylic acids is 1. The molecule has 1 heterocycles. The van der Waals surface area contributed by atoms with Crippen LogP contribution in [0.15, 0.2) is 70.2 Å². The molecule has 0 fully saturated rings. The van der Waals surface area contributed by atoms with E-state index in [1.807, 2.05) is 42.6 Å². The fourth-order valence-electron chi connectivity index (χ4n) is 3.91. The maximum absolute atomic E-state index is 13.6. The second-order valence-corrected chi connectivity index (χ2v) is 12.5. The number of aromatic nitrogens is 1. The Kier molecular flexibility index (Phi) is 11.7. The topological polar surface area (TPSA) is 71.9 Å². The van der Waals surface area contributed by atoms with Crippen LogP contribution in [-0.2, 0) is 32.6 Å². The van der Waals surface area contributed by atoms with E-state index in [2.05, 4.69) is 27.4 Å². The van der Waals surface area contributed by atoms with Crippen molar-refractivity contribution in [3.63, 3.8) is 0 Å². The number of methoxy groups -OCH3 is 1. The third-order valence-electron chi connectivity index (χ3n) is 6.04. The predicted molar refractivity (Wildman–Crippen MR) is 155 cm³/mol. The second kappa shape index (κ2) is 14.5. The van der Waals surface area contributed by atoms with Gasteiger partial charge in [0.1, 0.15) is 4.90 Å². The summed E-state index contributed by atoms with van der Waals surface area (Å²) in [6.45, 7) is 3.35. The van der Waals surface area contributed by atoms with Crippen LogP contribution < -0.4 is 0 Å². The summed E-state index contributed by atoms with van der Waals surface area (Å²) in [5.74, 6) is -0.298. The Balaban J connectivity index is 1.83. The highest BCUT2D eigenvalue weighted by molar-refractivity contribution is 9.10. The van der Waals surface area contributed by atoms with E-state index in [0.717, 1.165) is 32.9 Å². The Morgan fingerprint density at radius 3 is 2.50 bits per heavy atom. The van der Waals surface area contributed by atoms with E-state index in [-0.39, 0.29) is 40.5 Å². The van der Waals surface area contributed by atoms with Crippen molar-refractivity contribution in [1.82, 2.24) is 13.8 Å². The zero-order valence-electron chi connectivity index (χ0n) is 21.4. The van der Waals surface area contributed by atoms with Gasteiger partial charge >= 0.3 is 0 Å². The number of rotatable bonds is 14. The summed E-state index contributed by atoms with van der Waals surface area (Å²) in [6, 6.07) is 16.3. The average molecular weight is 645 g/mol. The lowest BCUT2D eigenvalue weighted by Gasteiger charge is -2.28. The van der Waals surface area contributed by atoms with Gasteiger partial charge in [-0.15, -0.1) is 0 Å². The fourth-order valence-corrected chi connectivity index (χ4v) is 6.29. The van der Waals surface area contributed by atoms with Crippen LogP contribution in [0.1, 0.15) is 31.0 Å². The quantitative estimate of drug-likeness (QED) is 0.214. The highest BCUT2D eigenvalue weighted by atomic mass is 79.9. The van der Waals surface area contributed by atoms with Crippen LogP contribution in [0.5, 0.6) is 0 Å². The number of hydrogen-bond donors (Lipinski definition) is 0. The van der Waals surface area contributed by atoms with Crippen molar-refractivity contribution in [3.8, 4) is 0 Å². The van der Waals surface area contributed by atoms with E-state index < -0.39 is 10.0 Å². The maximum atomic E-state index is 13.6. The average Bonchev–Trinajstić information content (AvgIpc) is 3.33. The lowest BCUT2D eigenvalue weighted by atomic mass is 10.2. The summed E-state index contributed by atoms with van der Waals surface area (Å²) < 4.78 is 36.4. The third-order valence-corrected chi connectivity index (χ3v) is 9.13. The summed E-state index contributed by atoms with van der Waals surface area (Å²) in [5, 5.41) is 0.278. The number of halogens is 3. The highest BCUT2D eigenvalue weighted by Crippen LogP contribution is 2.28. The van der Waals surface area contributed by atoms with Gasteiger partial charge in [0, 0.05) is 48.1 Å². The molecule has 7 nitrogen and oxygen atoms in total. The van der Waals surface area contributed by atoms with Crippen LogP contribution in [-0.4, -0.2) is 61.4 Å². The van der Waals surface area contributed by atoms with Gasteiger partial charge in [-0.25, -0.2) is 8.42 Å². The van der Waals surface area contributed by atoms with Crippen molar-refractivity contribution in [3.05, 3.63) is 86.6 Å². The van der Waals surface area contributed by atoms with Gasteiger partial charge in [-0.05, 0) is 54.4 Å². The van der Waals surface area contributed by atoms with Crippen molar-refractivity contribution in [2.75, 3.05) is 33.4 Å². The van der Waals surface area contributed by atoms with Gasteiger partial charge in [0.05, 0.1) is 24.7 Å². The number of unbranched alkanes of at least 4 members (excludes halogenated alkanes) is 1. The molecular formula is C27H32BrCl2N3O4S. The molecule has 3 aromatic rings. The summed E-state index contributed by atoms with van der Waals surface area (Å²) in [7, 11) is -2.63. The molecule has 0 atom stereocenters. The molecule has 1 aromatic heterocycles. The molecule has 0 radical (unpaired) electrons. The molecule has 3 rings (SSSR count). The molecule has 0 aliphatic heterocycles. The molecule has 38 heavy (non-hydrogen) atoms. The molecule has 0 aliphatic rings. The number of hydrogen-bond acceptors (Lipinski definition) is 4. The number of sulfonamides is 1. The number of nitrogens with zero attached hydrogens (tertiary/aromatic N) is 3. The zero-order chi connectivity index (χ0) is 27.7. The molecule has 0 N–H and O–H groups in total. The van der Waals surface area contributed by atoms with E-state index >= 15 is 0 Å². The maximum Gasteiger partial charge on any atom is 0.245 e. The molecule has 0 bridgehead atoms. The molecule has 0 unspecified atom stereocenters. The molecule has 11 heteroatoms. The first-order chi connectivity index (χ1) is 18.1. The fraction of sp³-hybridized carbons (Fsp3) is 0.370. The lowest BCUT2D eigenvalue weighted by molar-refractivity contribution is -0.132. The van der Waals surface area contributed by atoms with Crippen molar-refractivity contribution >= 4 is 55.1 Å². The normalized spacial score (nSPS) is 11.7. The summed E-state index contributed by atoms with van der Waals surface area (Å²) in [6.07, 6.45) is 3.67. The van der Waals surface area contributed by atoms with Gasteiger partial charge in [0.15, 0.2) is 0 Å². The Morgan fingerprint density at radius 1 is 1.08 bits per heavy atom. The number of benzene rings is 2. The molecular weight excluding hydrogens is 613 g/mol. The van der Waals surface area contributed by atoms with Crippen LogP contribution in [0, 0.1) is 0 Å². The monoisotopic (exact) mass is 643 g/mol. The van der Waals surface area contributed by atoms with Crippen molar-refractivity contribution in [1.29, 1.82) is 0 Å². The Bertz CT molecular complexity index is 1320. The van der Waals surface area contributed by atoms with E-state index in [0.29, 0.717) is 19.6 Å². The van der Waals surface area contributed by atoms with E-state index in [4.69, 9.17) is 27.9 Å². The number of ether oxygens (including phenoxy) is 1. The minimum absolute atomic E-state index is 0.00498. The van der Waals surface area contributed by atoms with Gasteiger partial charge in [0.25, 0.3) is 0 Å². The molecule has 2 aromatic carbocycles. The molecule has 1 amide bonds. The molecule has 0 spiro atoms. The van der Waals surface area contributed by atoms with E-state index in [1.54, 1.807) is 4.90 Å². The zero-order valence-corrected chi connectivity index (χ0v) is 25.4. The first-order valence-corrected chi connectivity index (χ1v) is 15.2. The number of carbonyl (C=O) groups is 1. The van der Waals surface area contributed by atoms with Gasteiger partial charge in [0.2, 0.25) is 15.9 Å². The van der Waals surface area contributed by atoms with Gasteiger partial charge in [-0.2, -0.15) is 4.31 Å². The molecule has 0 saturated carbocycles. The molecule has 0 aliphatic carbocycles. The second-order valence-electron chi connectivity index (χ2n) is 8.83. The van der Waals surface area contributed by atoms with Gasteiger partial charge in [-0.3, -0.25) is 4.79 Å². The van der Waals surface area contributed by atoms with Crippen LogP contribution in [0.2, 0.25) is 10.0 Å². The Hall–Kier alpha value is -1.88. The van der Waals surface area contributed by atoms with Crippen LogP contribution >= 0.6 is 39.1 Å². The summed E-state index contributed by atoms with van der Waals surface area (Å²) >= 11 is 15.7. The van der Waals surface area contributed by atoms with Gasteiger partial charge in [-0.1, -0.05) is 64.6 Å². The summed E-state index contributed by atoms with van der Waals surface area (Å²) in [5.41, 5.74) is 2.09. The van der Waals surface area contributed by atoms with E-state index in [1.165, 1.54) is 25.3 Å². The van der Waals surface area contributed by atoms with Crippen LogP contribution in [0.4, 0.5) is 0 Å². The third kappa shape index (κ3) is 8.31. The Morgan fingerprint density at radius 2 is 1.82 bits per heavy atom. The van der Waals surface area contributed by atoms with Gasteiger partial charge < -0.3 is 14.2 Å². The first kappa shape index (κ1) is 30.7. The number of amides is 1. The lowest BCUT2D eigenvalue weighted by Crippen LogP contribution is -2.44. The molecule has 0 saturated heterocycles.